The molecule has 1 saturated heterocycles. The Morgan fingerprint density at radius 2 is 1.81 bits per heavy atom. The van der Waals surface area contributed by atoms with Gasteiger partial charge in [-0.15, -0.1) is 0 Å². The van der Waals surface area contributed by atoms with Gasteiger partial charge in [-0.1, -0.05) is 24.6 Å². The fourth-order valence-electron chi connectivity index (χ4n) is 2.60. The largest absolute Gasteiger partial charge is 0.357 e. The first-order valence-corrected chi connectivity index (χ1v) is 7.50. The summed E-state index contributed by atoms with van der Waals surface area (Å²) in [7, 11) is 1.60. The van der Waals surface area contributed by atoms with Gasteiger partial charge >= 0.3 is 0 Å². The smallest absolute Gasteiger partial charge is 0.251 e. The quantitative estimate of drug-likeness (QED) is 0.850. The monoisotopic (exact) mass is 289 g/mol. The van der Waals surface area contributed by atoms with Gasteiger partial charge in [0.15, 0.2) is 0 Å². The Hall–Kier alpha value is -1.88. The molecular formula is C16H23N3O2. The molecule has 0 spiro atoms. The van der Waals surface area contributed by atoms with Crippen LogP contribution in [0, 0.1) is 0 Å². The minimum Gasteiger partial charge on any atom is -0.357 e. The molecule has 1 aromatic carbocycles. The number of likely N-dealkylation sites (N-methyl/N-ethyl adjacent to an activating group) is 1. The minimum atomic E-state index is -0.513. The average Bonchev–Trinajstić information content (AvgIpc) is 2.55. The number of rotatable bonds is 5. The minimum absolute atomic E-state index is 0.148. The lowest BCUT2D eigenvalue weighted by molar-refractivity contribution is -0.123. The van der Waals surface area contributed by atoms with Crippen molar-refractivity contribution in [2.24, 2.45) is 0 Å². The molecule has 0 radical (unpaired) electrons. The lowest BCUT2D eigenvalue weighted by Gasteiger charge is -2.30. The molecule has 1 unspecified atom stereocenters. The summed E-state index contributed by atoms with van der Waals surface area (Å²) in [6.45, 7) is 2.56. The molecule has 5 heteroatoms. The third-order valence-electron chi connectivity index (χ3n) is 3.79. The van der Waals surface area contributed by atoms with Gasteiger partial charge in [-0.2, -0.15) is 0 Å². The van der Waals surface area contributed by atoms with Gasteiger partial charge in [-0.05, 0) is 38.1 Å². The highest BCUT2D eigenvalue weighted by Gasteiger charge is 2.24. The van der Waals surface area contributed by atoms with Crippen molar-refractivity contribution in [3.63, 3.8) is 0 Å². The summed E-state index contributed by atoms with van der Waals surface area (Å²) in [5.41, 5.74) is 0.574. The Labute approximate surface area is 125 Å². The van der Waals surface area contributed by atoms with Crippen LogP contribution in [0.1, 0.15) is 29.6 Å². The van der Waals surface area contributed by atoms with Gasteiger partial charge in [0.25, 0.3) is 5.91 Å². The zero-order valence-corrected chi connectivity index (χ0v) is 12.5. The van der Waals surface area contributed by atoms with E-state index in [4.69, 9.17) is 0 Å². The standard InChI is InChI=1S/C16H23N3O2/c1-17-16(21)14(12-19-10-6-3-7-11-19)18-15(20)13-8-4-2-5-9-13/h2,4-5,8-9,14H,3,6-7,10-12H2,1H3,(H,17,21)(H,18,20). The van der Waals surface area contributed by atoms with Crippen molar-refractivity contribution in [1.29, 1.82) is 0 Å². The number of carbonyl (C=O) groups is 2. The molecule has 1 aliphatic rings. The topological polar surface area (TPSA) is 61.4 Å². The number of benzene rings is 1. The summed E-state index contributed by atoms with van der Waals surface area (Å²) >= 11 is 0. The summed E-state index contributed by atoms with van der Waals surface area (Å²) < 4.78 is 0. The first-order chi connectivity index (χ1) is 10.2. The van der Waals surface area contributed by atoms with E-state index < -0.39 is 6.04 Å². The van der Waals surface area contributed by atoms with Crippen LogP contribution >= 0.6 is 0 Å². The van der Waals surface area contributed by atoms with Crippen LogP contribution < -0.4 is 10.6 Å². The molecule has 1 aliphatic heterocycles. The summed E-state index contributed by atoms with van der Waals surface area (Å²) in [4.78, 5) is 26.5. The summed E-state index contributed by atoms with van der Waals surface area (Å²) in [6.07, 6.45) is 3.57. The third kappa shape index (κ3) is 4.56. The molecular weight excluding hydrogens is 266 g/mol. The zero-order valence-electron chi connectivity index (χ0n) is 12.5. The van der Waals surface area contributed by atoms with Crippen LogP contribution in [-0.4, -0.2) is 49.4 Å². The van der Waals surface area contributed by atoms with E-state index >= 15 is 0 Å². The summed E-state index contributed by atoms with van der Waals surface area (Å²) in [6, 6.07) is 8.47. The van der Waals surface area contributed by atoms with Crippen LogP contribution in [-0.2, 0) is 4.79 Å². The van der Waals surface area contributed by atoms with Crippen LogP contribution in [0.3, 0.4) is 0 Å². The zero-order chi connectivity index (χ0) is 15.1. The lowest BCUT2D eigenvalue weighted by Crippen LogP contribution is -2.52. The van der Waals surface area contributed by atoms with Crippen molar-refractivity contribution >= 4 is 11.8 Å². The predicted molar refractivity (Wildman–Crippen MR) is 82.1 cm³/mol. The Morgan fingerprint density at radius 1 is 1.14 bits per heavy atom. The average molecular weight is 289 g/mol. The molecule has 2 rings (SSSR count). The molecule has 1 heterocycles. The molecule has 21 heavy (non-hydrogen) atoms. The van der Waals surface area contributed by atoms with Gasteiger partial charge in [0.1, 0.15) is 6.04 Å². The highest BCUT2D eigenvalue weighted by molar-refractivity contribution is 5.97. The second-order valence-electron chi connectivity index (χ2n) is 5.37. The second-order valence-corrected chi connectivity index (χ2v) is 5.37. The molecule has 0 bridgehead atoms. The highest BCUT2D eigenvalue weighted by atomic mass is 16.2. The number of hydrogen-bond donors (Lipinski definition) is 2. The number of amides is 2. The highest BCUT2D eigenvalue weighted by Crippen LogP contribution is 2.09. The Balaban J connectivity index is 1.98. The van der Waals surface area contributed by atoms with Gasteiger partial charge in [0.2, 0.25) is 5.91 Å². The van der Waals surface area contributed by atoms with Crippen molar-refractivity contribution in [3.8, 4) is 0 Å². The van der Waals surface area contributed by atoms with E-state index in [9.17, 15) is 9.59 Å². The molecule has 0 aliphatic carbocycles. The summed E-state index contributed by atoms with van der Waals surface area (Å²) in [5, 5.41) is 5.47. The Bertz CT molecular complexity index is 470. The molecule has 2 amide bonds. The van der Waals surface area contributed by atoms with Crippen molar-refractivity contribution < 1.29 is 9.59 Å². The number of carbonyl (C=O) groups excluding carboxylic acids is 2. The van der Waals surface area contributed by atoms with E-state index in [0.717, 1.165) is 25.9 Å². The maximum Gasteiger partial charge on any atom is 0.251 e. The maximum absolute atomic E-state index is 12.2. The van der Waals surface area contributed by atoms with Crippen molar-refractivity contribution in [1.82, 2.24) is 15.5 Å². The van der Waals surface area contributed by atoms with E-state index in [1.165, 1.54) is 6.42 Å². The molecule has 0 saturated carbocycles. The fourth-order valence-corrected chi connectivity index (χ4v) is 2.60. The molecule has 114 valence electrons. The van der Waals surface area contributed by atoms with Crippen LogP contribution in [0.15, 0.2) is 30.3 Å². The third-order valence-corrected chi connectivity index (χ3v) is 3.79. The first-order valence-electron chi connectivity index (χ1n) is 7.50. The Morgan fingerprint density at radius 3 is 2.43 bits per heavy atom. The van der Waals surface area contributed by atoms with Crippen molar-refractivity contribution in [2.45, 2.75) is 25.3 Å². The van der Waals surface area contributed by atoms with E-state index in [1.807, 2.05) is 18.2 Å². The molecule has 5 nitrogen and oxygen atoms in total. The number of likely N-dealkylation sites (tertiary alicyclic amines) is 1. The van der Waals surface area contributed by atoms with Gasteiger partial charge < -0.3 is 15.5 Å². The van der Waals surface area contributed by atoms with Crippen LogP contribution in [0.5, 0.6) is 0 Å². The number of nitrogens with one attached hydrogen (secondary N) is 2. The van der Waals surface area contributed by atoms with Crippen molar-refractivity contribution in [2.75, 3.05) is 26.7 Å². The normalized spacial score (nSPS) is 17.0. The van der Waals surface area contributed by atoms with E-state index in [0.29, 0.717) is 12.1 Å². The van der Waals surface area contributed by atoms with Crippen LogP contribution in [0.4, 0.5) is 0 Å². The molecule has 0 aromatic heterocycles. The number of hydrogen-bond acceptors (Lipinski definition) is 3. The van der Waals surface area contributed by atoms with Gasteiger partial charge in [0, 0.05) is 19.2 Å². The number of piperidine rings is 1. The molecule has 1 atom stereocenters. The molecule has 2 N–H and O–H groups in total. The SMILES string of the molecule is CNC(=O)C(CN1CCCCC1)NC(=O)c1ccccc1. The number of nitrogens with zero attached hydrogens (tertiary/aromatic N) is 1. The van der Waals surface area contributed by atoms with Crippen LogP contribution in [0.2, 0.25) is 0 Å². The maximum atomic E-state index is 12.2. The lowest BCUT2D eigenvalue weighted by atomic mass is 10.1. The van der Waals surface area contributed by atoms with E-state index in [-0.39, 0.29) is 11.8 Å². The van der Waals surface area contributed by atoms with E-state index in [1.54, 1.807) is 19.2 Å². The Kier molecular flexibility index (Phi) is 5.75. The van der Waals surface area contributed by atoms with Gasteiger partial charge in [0.05, 0.1) is 0 Å². The fraction of sp³-hybridized carbons (Fsp3) is 0.500. The molecule has 1 fully saturated rings. The van der Waals surface area contributed by atoms with Gasteiger partial charge in [-0.25, -0.2) is 0 Å². The van der Waals surface area contributed by atoms with Gasteiger partial charge in [-0.3, -0.25) is 9.59 Å². The van der Waals surface area contributed by atoms with E-state index in [2.05, 4.69) is 15.5 Å². The second kappa shape index (κ2) is 7.78. The summed E-state index contributed by atoms with van der Waals surface area (Å²) in [5.74, 6) is -0.355. The molecule has 1 aromatic rings. The predicted octanol–water partition coefficient (Wildman–Crippen LogP) is 1.02. The van der Waals surface area contributed by atoms with Crippen LogP contribution in [0.25, 0.3) is 0 Å². The van der Waals surface area contributed by atoms with Crippen molar-refractivity contribution in [3.05, 3.63) is 35.9 Å². The first kappa shape index (κ1) is 15.5.